The zero-order chi connectivity index (χ0) is 19.8. The third-order valence-corrected chi connectivity index (χ3v) is 4.87. The normalized spacial score (nSPS) is 10.6. The number of rotatable bonds is 9. The Morgan fingerprint density at radius 2 is 1.67 bits per heavy atom. The highest BCUT2D eigenvalue weighted by atomic mass is 79.9. The van der Waals surface area contributed by atoms with Gasteiger partial charge in [-0.25, -0.2) is 0 Å². The third kappa shape index (κ3) is 5.45. The van der Waals surface area contributed by atoms with Gasteiger partial charge in [-0.05, 0) is 50.7 Å². The highest BCUT2D eigenvalue weighted by molar-refractivity contribution is 9.10. The van der Waals surface area contributed by atoms with Gasteiger partial charge in [-0.1, -0.05) is 24.3 Å². The lowest BCUT2D eigenvalue weighted by molar-refractivity contribution is -0.120. The lowest BCUT2D eigenvalue weighted by Gasteiger charge is -2.14. The number of carbonyl (C=O) groups excluding carboxylic acids is 1. The SMILES string of the molecule is COc1c(Br)ccc(CCNC(=O)Cc2ccc(CO)c(CO)c2)c1OC. The molecule has 0 aliphatic rings. The van der Waals surface area contributed by atoms with Crippen molar-refractivity contribution >= 4 is 21.8 Å². The first-order chi connectivity index (χ1) is 13.0. The molecule has 0 heterocycles. The van der Waals surface area contributed by atoms with E-state index in [0.29, 0.717) is 35.6 Å². The van der Waals surface area contributed by atoms with Gasteiger partial charge in [0.1, 0.15) is 0 Å². The molecule has 0 saturated carbocycles. The van der Waals surface area contributed by atoms with Crippen LogP contribution in [0.1, 0.15) is 22.3 Å². The number of hydrogen-bond donors (Lipinski definition) is 3. The molecule has 0 aromatic heterocycles. The number of halogens is 1. The molecular weight excluding hydrogens is 414 g/mol. The van der Waals surface area contributed by atoms with E-state index in [4.69, 9.17) is 9.47 Å². The van der Waals surface area contributed by atoms with E-state index in [1.54, 1.807) is 32.4 Å². The van der Waals surface area contributed by atoms with Crippen molar-refractivity contribution in [3.8, 4) is 11.5 Å². The standard InChI is InChI=1S/C20H24BrNO5/c1-26-19-14(5-6-17(21)20(19)27-2)7-8-22-18(25)10-13-3-4-15(11-23)16(9-13)12-24/h3-6,9,23-24H,7-8,10-12H2,1-2H3,(H,22,25). The number of carbonyl (C=O) groups is 1. The van der Waals surface area contributed by atoms with Gasteiger partial charge in [-0.2, -0.15) is 0 Å². The Hall–Kier alpha value is -2.09. The fraction of sp³-hybridized carbons (Fsp3) is 0.350. The molecule has 0 saturated heterocycles. The molecule has 1 amide bonds. The molecule has 7 heteroatoms. The van der Waals surface area contributed by atoms with Crippen molar-refractivity contribution in [2.75, 3.05) is 20.8 Å². The van der Waals surface area contributed by atoms with Crippen molar-refractivity contribution in [3.63, 3.8) is 0 Å². The molecule has 0 fully saturated rings. The zero-order valence-electron chi connectivity index (χ0n) is 15.4. The number of aliphatic hydroxyl groups is 2. The summed E-state index contributed by atoms with van der Waals surface area (Å²) < 4.78 is 11.6. The van der Waals surface area contributed by atoms with Crippen LogP contribution < -0.4 is 14.8 Å². The van der Waals surface area contributed by atoms with Crippen molar-refractivity contribution in [2.45, 2.75) is 26.1 Å². The summed E-state index contributed by atoms with van der Waals surface area (Å²) >= 11 is 3.42. The van der Waals surface area contributed by atoms with Gasteiger partial charge >= 0.3 is 0 Å². The van der Waals surface area contributed by atoms with Gasteiger partial charge in [0.2, 0.25) is 5.91 Å². The maximum Gasteiger partial charge on any atom is 0.224 e. The van der Waals surface area contributed by atoms with Gasteiger partial charge < -0.3 is 25.0 Å². The molecule has 2 rings (SSSR count). The molecule has 0 bridgehead atoms. The summed E-state index contributed by atoms with van der Waals surface area (Å²) in [6, 6.07) is 9.07. The summed E-state index contributed by atoms with van der Waals surface area (Å²) in [5, 5.41) is 21.5. The first-order valence-corrected chi connectivity index (χ1v) is 9.31. The Morgan fingerprint density at radius 3 is 2.30 bits per heavy atom. The van der Waals surface area contributed by atoms with Crippen molar-refractivity contribution in [1.29, 1.82) is 0 Å². The second-order valence-corrected chi connectivity index (χ2v) is 6.82. The van der Waals surface area contributed by atoms with E-state index in [1.165, 1.54) is 0 Å². The van der Waals surface area contributed by atoms with E-state index in [-0.39, 0.29) is 25.5 Å². The molecule has 27 heavy (non-hydrogen) atoms. The van der Waals surface area contributed by atoms with Crippen LogP contribution in [0.4, 0.5) is 0 Å². The maximum absolute atomic E-state index is 12.2. The Balaban J connectivity index is 1.95. The summed E-state index contributed by atoms with van der Waals surface area (Å²) in [5.74, 6) is 1.16. The quantitative estimate of drug-likeness (QED) is 0.560. The van der Waals surface area contributed by atoms with Crippen LogP contribution in [-0.2, 0) is 30.8 Å². The average molecular weight is 438 g/mol. The number of hydrogen-bond acceptors (Lipinski definition) is 5. The van der Waals surface area contributed by atoms with Crippen LogP contribution in [0.2, 0.25) is 0 Å². The molecule has 0 aliphatic carbocycles. The second-order valence-electron chi connectivity index (χ2n) is 5.97. The predicted octanol–water partition coefficient (Wildman–Crippen LogP) is 2.35. The van der Waals surface area contributed by atoms with E-state index in [0.717, 1.165) is 15.6 Å². The number of nitrogens with one attached hydrogen (secondary N) is 1. The minimum atomic E-state index is -0.170. The maximum atomic E-state index is 12.2. The predicted molar refractivity (Wildman–Crippen MR) is 106 cm³/mol. The number of amides is 1. The summed E-state index contributed by atoms with van der Waals surface area (Å²) in [7, 11) is 3.16. The van der Waals surface area contributed by atoms with Crippen molar-refractivity contribution in [3.05, 3.63) is 57.1 Å². The van der Waals surface area contributed by atoms with Gasteiger partial charge in [0.25, 0.3) is 0 Å². The Kier molecular flexibility index (Phi) is 8.09. The first-order valence-electron chi connectivity index (χ1n) is 8.52. The van der Waals surface area contributed by atoms with Gasteiger partial charge in [-0.3, -0.25) is 4.79 Å². The zero-order valence-corrected chi connectivity index (χ0v) is 17.0. The van der Waals surface area contributed by atoms with Crippen LogP contribution in [0, 0.1) is 0 Å². The number of methoxy groups -OCH3 is 2. The second kappa shape index (κ2) is 10.3. The summed E-state index contributed by atoms with van der Waals surface area (Å²) in [5.41, 5.74) is 3.02. The van der Waals surface area contributed by atoms with Gasteiger partial charge in [0, 0.05) is 6.54 Å². The van der Waals surface area contributed by atoms with E-state index in [2.05, 4.69) is 21.2 Å². The fourth-order valence-corrected chi connectivity index (χ4v) is 3.34. The summed E-state index contributed by atoms with van der Waals surface area (Å²) in [6.45, 7) is 0.152. The number of benzene rings is 2. The Morgan fingerprint density at radius 1 is 1.00 bits per heavy atom. The van der Waals surface area contributed by atoms with Crippen molar-refractivity contribution < 1.29 is 24.5 Å². The molecule has 3 N–H and O–H groups in total. The molecular formula is C20H24BrNO5. The molecule has 2 aromatic carbocycles. The van der Waals surface area contributed by atoms with Gasteiger partial charge in [0.15, 0.2) is 11.5 Å². The van der Waals surface area contributed by atoms with E-state index >= 15 is 0 Å². The summed E-state index contributed by atoms with van der Waals surface area (Å²) in [4.78, 5) is 12.2. The van der Waals surface area contributed by atoms with Crippen LogP contribution in [0.15, 0.2) is 34.8 Å². The number of aliphatic hydroxyl groups excluding tert-OH is 2. The highest BCUT2D eigenvalue weighted by Crippen LogP contribution is 2.38. The lowest BCUT2D eigenvalue weighted by atomic mass is 10.0. The number of ether oxygens (including phenoxy) is 2. The minimum Gasteiger partial charge on any atom is -0.493 e. The molecule has 2 aromatic rings. The van der Waals surface area contributed by atoms with Crippen LogP contribution in [-0.4, -0.2) is 36.9 Å². The monoisotopic (exact) mass is 437 g/mol. The Bertz CT molecular complexity index is 794. The van der Waals surface area contributed by atoms with Crippen LogP contribution in [0.3, 0.4) is 0 Å². The highest BCUT2D eigenvalue weighted by Gasteiger charge is 2.14. The topological polar surface area (TPSA) is 88.0 Å². The van der Waals surface area contributed by atoms with Crippen LogP contribution in [0.5, 0.6) is 11.5 Å². The van der Waals surface area contributed by atoms with Gasteiger partial charge in [0.05, 0.1) is 38.3 Å². The molecule has 6 nitrogen and oxygen atoms in total. The average Bonchev–Trinajstić information content (AvgIpc) is 2.68. The van der Waals surface area contributed by atoms with Crippen molar-refractivity contribution in [1.82, 2.24) is 5.32 Å². The lowest BCUT2D eigenvalue weighted by Crippen LogP contribution is -2.27. The largest absolute Gasteiger partial charge is 0.493 e. The minimum absolute atomic E-state index is 0.112. The summed E-state index contributed by atoms with van der Waals surface area (Å²) in [6.07, 6.45) is 0.809. The van der Waals surface area contributed by atoms with Crippen LogP contribution in [0.25, 0.3) is 0 Å². The van der Waals surface area contributed by atoms with Crippen molar-refractivity contribution in [2.24, 2.45) is 0 Å². The van der Waals surface area contributed by atoms with Gasteiger partial charge in [-0.15, -0.1) is 0 Å². The molecule has 0 unspecified atom stereocenters. The first kappa shape index (κ1) is 21.2. The molecule has 0 atom stereocenters. The third-order valence-electron chi connectivity index (χ3n) is 4.25. The molecule has 146 valence electrons. The van der Waals surface area contributed by atoms with E-state index < -0.39 is 0 Å². The van der Waals surface area contributed by atoms with E-state index in [1.807, 2.05) is 12.1 Å². The van der Waals surface area contributed by atoms with E-state index in [9.17, 15) is 15.0 Å². The smallest absolute Gasteiger partial charge is 0.224 e. The molecule has 0 radical (unpaired) electrons. The Labute approximate surface area is 167 Å². The fourth-order valence-electron chi connectivity index (χ4n) is 2.87. The molecule has 0 spiro atoms. The van der Waals surface area contributed by atoms with Crippen LogP contribution >= 0.6 is 15.9 Å². The molecule has 0 aliphatic heterocycles.